The van der Waals surface area contributed by atoms with Gasteiger partial charge in [-0.25, -0.2) is 14.4 Å². The maximum absolute atomic E-state index is 12.7. The fourth-order valence-corrected chi connectivity index (χ4v) is 2.84. The number of anilines is 1. The molecule has 0 aromatic heterocycles. The van der Waals surface area contributed by atoms with Gasteiger partial charge in [-0.1, -0.05) is 6.58 Å². The van der Waals surface area contributed by atoms with Gasteiger partial charge in [0.1, 0.15) is 24.7 Å². The lowest BCUT2D eigenvalue weighted by molar-refractivity contribution is -0.139. The van der Waals surface area contributed by atoms with E-state index in [0.717, 1.165) is 14.0 Å². The van der Waals surface area contributed by atoms with E-state index in [1.165, 1.54) is 44.4 Å². The number of Topliss-reactive ketones (excluding diaryl/α,β-unsaturated/α-hetero) is 1. The molecule has 0 bridgehead atoms. The maximum atomic E-state index is 12.7. The summed E-state index contributed by atoms with van der Waals surface area (Å²) in [7, 11) is 2.35. The van der Waals surface area contributed by atoms with Gasteiger partial charge in [-0.15, -0.1) is 0 Å². The van der Waals surface area contributed by atoms with Crippen LogP contribution in [0.1, 0.15) is 34.6 Å². The van der Waals surface area contributed by atoms with E-state index >= 15 is 0 Å². The summed E-state index contributed by atoms with van der Waals surface area (Å²) in [6.45, 7) is 6.33. The van der Waals surface area contributed by atoms with Crippen LogP contribution in [0.3, 0.4) is 0 Å². The van der Waals surface area contributed by atoms with Gasteiger partial charge in [0.25, 0.3) is 5.91 Å². The summed E-state index contributed by atoms with van der Waals surface area (Å²) in [6.07, 6.45) is 0. The Hall–Kier alpha value is -4.87. The quantitative estimate of drug-likeness (QED) is 0.109. The zero-order valence-corrected chi connectivity index (χ0v) is 21.3. The molecule has 1 unspecified atom stereocenters. The number of amides is 1. The van der Waals surface area contributed by atoms with Crippen molar-refractivity contribution >= 4 is 41.0 Å². The van der Waals surface area contributed by atoms with E-state index in [4.69, 9.17) is 14.2 Å². The lowest BCUT2D eigenvalue weighted by Crippen LogP contribution is -2.31. The van der Waals surface area contributed by atoms with Crippen LogP contribution in [0.25, 0.3) is 0 Å². The van der Waals surface area contributed by atoms with Crippen LogP contribution >= 0.6 is 0 Å². The summed E-state index contributed by atoms with van der Waals surface area (Å²) in [5.41, 5.74) is 0.590. The Labute approximate surface area is 218 Å². The largest absolute Gasteiger partial charge is 0.490 e. The van der Waals surface area contributed by atoms with Crippen LogP contribution < -0.4 is 10.1 Å². The molecular weight excluding hydrogens is 498 g/mol. The molecule has 1 amide bonds. The number of esters is 3. The van der Waals surface area contributed by atoms with Crippen molar-refractivity contribution in [1.29, 1.82) is 0 Å². The minimum absolute atomic E-state index is 0.0309. The molecule has 0 heterocycles. The number of carbonyl (C=O) groups is 5. The van der Waals surface area contributed by atoms with Crippen molar-refractivity contribution in [3.63, 3.8) is 0 Å². The highest BCUT2D eigenvalue weighted by Gasteiger charge is 2.24. The molecule has 0 fully saturated rings. The summed E-state index contributed by atoms with van der Waals surface area (Å²) in [6, 6.07) is 8.55. The first-order chi connectivity index (χ1) is 18.1. The van der Waals surface area contributed by atoms with E-state index in [0.29, 0.717) is 11.4 Å². The predicted molar refractivity (Wildman–Crippen MR) is 134 cm³/mol. The number of nitrogens with one attached hydrogen (secondary N) is 1. The second-order valence-corrected chi connectivity index (χ2v) is 7.72. The van der Waals surface area contributed by atoms with Crippen LogP contribution in [0.2, 0.25) is 0 Å². The highest BCUT2D eigenvalue weighted by atomic mass is 16.6. The monoisotopic (exact) mass is 525 g/mol. The number of rotatable bonds is 12. The molecule has 2 aromatic rings. The highest BCUT2D eigenvalue weighted by molar-refractivity contribution is 6.10. The van der Waals surface area contributed by atoms with Crippen molar-refractivity contribution in [2.45, 2.75) is 19.9 Å². The number of methoxy groups -OCH3 is 2. The average Bonchev–Trinajstić information content (AvgIpc) is 2.90. The third-order valence-electron chi connectivity index (χ3n) is 4.79. The molecule has 1 atom stereocenters. The molecule has 0 saturated heterocycles. The molecule has 0 aliphatic heterocycles. The molecule has 0 aliphatic rings. The van der Waals surface area contributed by atoms with Gasteiger partial charge in [-0.3, -0.25) is 9.59 Å². The van der Waals surface area contributed by atoms with Gasteiger partial charge in [-0.05, 0) is 56.3 Å². The number of carbonyl (C=O) groups excluding carboxylic acids is 5. The Bertz CT molecular complexity index is 1250. The minimum Gasteiger partial charge on any atom is -0.490 e. The summed E-state index contributed by atoms with van der Waals surface area (Å²) in [4.78, 5) is 60.2. The number of hydrogen-bond acceptors (Lipinski definition) is 11. The molecular formula is C26H27N3O9. The van der Waals surface area contributed by atoms with E-state index in [1.54, 1.807) is 12.1 Å². The van der Waals surface area contributed by atoms with E-state index in [2.05, 4.69) is 26.9 Å². The SMILES string of the molecule is C=C(C)C(=O)OCCOc1ccc(NC(=O)C(N=Nc2cc(C(=O)OC)ccc2C(=O)OC)C(C)=O)cc1. The normalized spacial score (nSPS) is 11.3. The highest BCUT2D eigenvalue weighted by Crippen LogP contribution is 2.24. The van der Waals surface area contributed by atoms with Crippen molar-refractivity contribution < 1.29 is 42.9 Å². The Morgan fingerprint density at radius 3 is 2.16 bits per heavy atom. The number of ether oxygens (including phenoxy) is 4. The average molecular weight is 526 g/mol. The Morgan fingerprint density at radius 1 is 0.921 bits per heavy atom. The number of ketones is 1. The number of azo groups is 1. The molecule has 0 saturated carbocycles. The molecule has 2 rings (SSSR count). The molecule has 2 aromatic carbocycles. The van der Waals surface area contributed by atoms with Crippen molar-refractivity contribution in [1.82, 2.24) is 0 Å². The fraction of sp³-hybridized carbons (Fsp3) is 0.269. The predicted octanol–water partition coefficient (Wildman–Crippen LogP) is 3.44. The molecule has 0 aliphatic carbocycles. The van der Waals surface area contributed by atoms with Gasteiger partial charge in [0.05, 0.1) is 25.3 Å². The number of hydrogen-bond donors (Lipinski definition) is 1. The van der Waals surface area contributed by atoms with Crippen LogP contribution in [0.4, 0.5) is 11.4 Å². The zero-order valence-electron chi connectivity index (χ0n) is 21.3. The summed E-state index contributed by atoms with van der Waals surface area (Å²) in [5.74, 6) is -2.88. The van der Waals surface area contributed by atoms with Crippen molar-refractivity contribution in [3.05, 3.63) is 65.7 Å². The Kier molecular flexibility index (Phi) is 10.8. The van der Waals surface area contributed by atoms with Gasteiger partial charge in [0.15, 0.2) is 5.78 Å². The smallest absolute Gasteiger partial charge is 0.340 e. The van der Waals surface area contributed by atoms with Gasteiger partial charge in [-0.2, -0.15) is 10.2 Å². The van der Waals surface area contributed by atoms with Crippen molar-refractivity contribution in [2.75, 3.05) is 32.8 Å². The number of nitrogens with zero attached hydrogens (tertiary/aromatic N) is 2. The van der Waals surface area contributed by atoms with E-state index in [9.17, 15) is 24.0 Å². The second-order valence-electron chi connectivity index (χ2n) is 7.72. The maximum Gasteiger partial charge on any atom is 0.340 e. The first-order valence-corrected chi connectivity index (χ1v) is 11.2. The van der Waals surface area contributed by atoms with Crippen molar-refractivity contribution in [2.24, 2.45) is 10.2 Å². The van der Waals surface area contributed by atoms with Crippen LogP contribution in [0.15, 0.2) is 64.8 Å². The van der Waals surface area contributed by atoms with Gasteiger partial charge < -0.3 is 24.3 Å². The van der Waals surface area contributed by atoms with Crippen LogP contribution in [0.5, 0.6) is 5.75 Å². The fourth-order valence-electron chi connectivity index (χ4n) is 2.84. The van der Waals surface area contributed by atoms with Gasteiger partial charge >= 0.3 is 17.9 Å². The first kappa shape index (κ1) is 29.4. The standard InChI is InChI=1S/C26H27N3O9/c1-15(2)24(32)38-13-12-37-19-9-7-18(8-10-19)27-23(31)22(16(3)30)29-28-21-14-17(25(33)35-4)6-11-20(21)26(34)36-5/h6-11,14,22H,1,12-13H2,2-5H3,(H,27,31). The topological polar surface area (TPSA) is 159 Å². The minimum atomic E-state index is -1.54. The molecule has 0 spiro atoms. The lowest BCUT2D eigenvalue weighted by Gasteiger charge is -2.11. The summed E-state index contributed by atoms with van der Waals surface area (Å²) >= 11 is 0. The first-order valence-electron chi connectivity index (χ1n) is 11.2. The number of benzene rings is 2. The second kappa shape index (κ2) is 14.0. The lowest BCUT2D eigenvalue weighted by atomic mass is 10.1. The van der Waals surface area contributed by atoms with E-state index in [-0.39, 0.29) is 35.6 Å². The summed E-state index contributed by atoms with van der Waals surface area (Å²) in [5, 5.41) is 10.3. The van der Waals surface area contributed by atoms with Crippen LogP contribution in [0, 0.1) is 0 Å². The third-order valence-corrected chi connectivity index (χ3v) is 4.79. The molecule has 38 heavy (non-hydrogen) atoms. The van der Waals surface area contributed by atoms with Crippen molar-refractivity contribution in [3.8, 4) is 5.75 Å². The zero-order chi connectivity index (χ0) is 28.2. The molecule has 12 heteroatoms. The van der Waals surface area contributed by atoms with Crippen LogP contribution in [-0.4, -0.2) is 63.1 Å². The molecule has 1 N–H and O–H groups in total. The third kappa shape index (κ3) is 8.36. The van der Waals surface area contributed by atoms with Gasteiger partial charge in [0.2, 0.25) is 6.04 Å². The molecule has 12 nitrogen and oxygen atoms in total. The van der Waals surface area contributed by atoms with Gasteiger partial charge in [0, 0.05) is 11.3 Å². The van der Waals surface area contributed by atoms with Crippen LogP contribution in [-0.2, 0) is 28.6 Å². The Morgan fingerprint density at radius 2 is 1.58 bits per heavy atom. The molecule has 200 valence electrons. The molecule has 0 radical (unpaired) electrons. The van der Waals surface area contributed by atoms with E-state index in [1.807, 2.05) is 0 Å². The Balaban J connectivity index is 2.11. The van der Waals surface area contributed by atoms with E-state index < -0.39 is 35.6 Å². The summed E-state index contributed by atoms with van der Waals surface area (Å²) < 4.78 is 19.8.